The van der Waals surface area contributed by atoms with Gasteiger partial charge in [-0.15, -0.1) is 0 Å². The lowest BCUT2D eigenvalue weighted by Gasteiger charge is -2.39. The van der Waals surface area contributed by atoms with Crippen LogP contribution in [0.25, 0.3) is 11.2 Å². The molecule has 1 aliphatic carbocycles. The molecule has 0 aromatic carbocycles. The Hall–Kier alpha value is -1.45. The van der Waals surface area contributed by atoms with Crippen molar-refractivity contribution in [3.05, 3.63) is 28.8 Å². The second-order valence-corrected chi connectivity index (χ2v) is 14.9. The van der Waals surface area contributed by atoms with E-state index >= 15 is 0 Å². The lowest BCUT2D eigenvalue weighted by atomic mass is 9.77. The minimum Gasteiger partial charge on any atom is -0.355 e. The van der Waals surface area contributed by atoms with Crippen LogP contribution in [0.4, 0.5) is 5.95 Å². The van der Waals surface area contributed by atoms with Crippen molar-refractivity contribution in [1.29, 1.82) is 0 Å². The fraction of sp³-hybridized carbons (Fsp3) is 0.720. The molecule has 0 bridgehead atoms. The number of aromatic amines is 1. The first-order valence-electron chi connectivity index (χ1n) is 13.1. The van der Waals surface area contributed by atoms with Gasteiger partial charge in [-0.05, 0) is 51.4 Å². The number of nitrogens with zero attached hydrogens (tertiary/aromatic N) is 4. The van der Waals surface area contributed by atoms with Crippen molar-refractivity contribution in [3.63, 3.8) is 0 Å². The van der Waals surface area contributed by atoms with Crippen LogP contribution in [0.2, 0.25) is 0 Å². The number of nitrogens with one attached hydrogen (secondary N) is 2. The maximum Gasteiger partial charge on any atom is 0.280 e. The minimum atomic E-state index is -0.798. The third-order valence-corrected chi connectivity index (χ3v) is 12.5. The SMILES string of the molecule is C=C(C)[C@H]1CC[C@@]2(C)S[P@](N3C[C@@H](CC)O[C@@H](n4cnc5c(=O)[nH]c(NCC(C)C)nc54)C3)O[C@@H]2C1. The van der Waals surface area contributed by atoms with Crippen molar-refractivity contribution in [2.45, 2.75) is 83.5 Å². The molecular weight excluding hydrogens is 495 g/mol. The van der Waals surface area contributed by atoms with E-state index in [2.05, 4.69) is 61.2 Å². The lowest BCUT2D eigenvalue weighted by molar-refractivity contribution is -0.101. The summed E-state index contributed by atoms with van der Waals surface area (Å²) >= 11 is 2.02. The molecular formula is C25H39N6O3PS. The second kappa shape index (κ2) is 10.4. The Labute approximate surface area is 218 Å². The van der Waals surface area contributed by atoms with Crippen LogP contribution in [0.5, 0.6) is 0 Å². The van der Waals surface area contributed by atoms with Crippen molar-refractivity contribution in [3.8, 4) is 0 Å². The molecule has 1 saturated carbocycles. The van der Waals surface area contributed by atoms with Crippen molar-refractivity contribution in [2.24, 2.45) is 11.8 Å². The van der Waals surface area contributed by atoms with E-state index in [-0.39, 0.29) is 28.7 Å². The Balaban J connectivity index is 1.38. The van der Waals surface area contributed by atoms with E-state index in [1.54, 1.807) is 6.33 Å². The van der Waals surface area contributed by atoms with Gasteiger partial charge in [0.15, 0.2) is 18.7 Å². The average Bonchev–Trinajstić information content (AvgIpc) is 3.43. The molecule has 3 aliphatic rings. The fourth-order valence-corrected chi connectivity index (χ4v) is 10.4. The first kappa shape index (κ1) is 26.2. The maximum absolute atomic E-state index is 12.7. The molecule has 0 spiro atoms. The molecule has 4 heterocycles. The van der Waals surface area contributed by atoms with Gasteiger partial charge in [-0.2, -0.15) is 4.98 Å². The van der Waals surface area contributed by atoms with Gasteiger partial charge in [-0.3, -0.25) is 14.3 Å². The molecule has 6 atom stereocenters. The lowest BCUT2D eigenvalue weighted by Crippen LogP contribution is -2.42. The first-order chi connectivity index (χ1) is 17.2. The largest absolute Gasteiger partial charge is 0.355 e. The van der Waals surface area contributed by atoms with Crippen LogP contribution >= 0.6 is 18.9 Å². The Morgan fingerprint density at radius 1 is 1.44 bits per heavy atom. The normalized spacial score (nSPS) is 33.2. The summed E-state index contributed by atoms with van der Waals surface area (Å²) in [5.41, 5.74) is 1.91. The van der Waals surface area contributed by atoms with E-state index in [4.69, 9.17) is 14.2 Å². The third-order valence-electron chi connectivity index (χ3n) is 7.61. The van der Waals surface area contributed by atoms with Gasteiger partial charge in [-0.25, -0.2) is 9.65 Å². The summed E-state index contributed by atoms with van der Waals surface area (Å²) in [6.45, 7) is 17.4. The number of rotatable bonds is 7. The minimum absolute atomic E-state index is 0.0760. The van der Waals surface area contributed by atoms with Gasteiger partial charge in [0.05, 0.1) is 25.1 Å². The molecule has 11 heteroatoms. The number of anilines is 1. The van der Waals surface area contributed by atoms with Crippen LogP contribution in [-0.2, 0) is 9.26 Å². The van der Waals surface area contributed by atoms with E-state index in [9.17, 15) is 4.79 Å². The van der Waals surface area contributed by atoms with Crippen LogP contribution in [0.15, 0.2) is 23.3 Å². The predicted octanol–water partition coefficient (Wildman–Crippen LogP) is 5.29. The van der Waals surface area contributed by atoms with Crippen LogP contribution in [0, 0.1) is 11.8 Å². The Kier molecular flexibility index (Phi) is 7.54. The third kappa shape index (κ3) is 5.12. The monoisotopic (exact) mass is 534 g/mol. The first-order valence-corrected chi connectivity index (χ1v) is 15.7. The van der Waals surface area contributed by atoms with Crippen LogP contribution in [0.3, 0.4) is 0 Å². The molecule has 2 N–H and O–H groups in total. The zero-order valence-corrected chi connectivity index (χ0v) is 23.7. The number of imidazole rings is 1. The van der Waals surface area contributed by atoms with Crippen molar-refractivity contribution in [1.82, 2.24) is 24.2 Å². The van der Waals surface area contributed by atoms with Gasteiger partial charge in [0.2, 0.25) is 5.95 Å². The van der Waals surface area contributed by atoms with Crippen molar-refractivity contribution >= 4 is 36.0 Å². The van der Waals surface area contributed by atoms with Gasteiger partial charge in [0, 0.05) is 17.8 Å². The molecule has 0 radical (unpaired) electrons. The number of hydrogen-bond acceptors (Lipinski definition) is 8. The number of morpholine rings is 1. The van der Waals surface area contributed by atoms with Crippen LogP contribution in [-0.4, -0.2) is 60.8 Å². The molecule has 0 amide bonds. The van der Waals surface area contributed by atoms with E-state index in [0.717, 1.165) is 32.4 Å². The molecule has 36 heavy (non-hydrogen) atoms. The van der Waals surface area contributed by atoms with E-state index in [0.29, 0.717) is 35.5 Å². The van der Waals surface area contributed by atoms with E-state index < -0.39 is 7.50 Å². The average molecular weight is 535 g/mol. The van der Waals surface area contributed by atoms with Gasteiger partial charge >= 0.3 is 0 Å². The van der Waals surface area contributed by atoms with Crippen molar-refractivity contribution in [2.75, 3.05) is 25.0 Å². The van der Waals surface area contributed by atoms with Crippen molar-refractivity contribution < 1.29 is 9.26 Å². The Bertz CT molecular complexity index is 1170. The highest BCUT2D eigenvalue weighted by atomic mass is 32.7. The Morgan fingerprint density at radius 3 is 2.97 bits per heavy atom. The zero-order chi connectivity index (χ0) is 25.6. The molecule has 5 rings (SSSR count). The van der Waals surface area contributed by atoms with Crippen LogP contribution in [0.1, 0.15) is 66.5 Å². The van der Waals surface area contributed by atoms with E-state index in [1.807, 2.05) is 15.9 Å². The maximum atomic E-state index is 12.7. The topological polar surface area (TPSA) is 97.3 Å². The Morgan fingerprint density at radius 2 is 2.25 bits per heavy atom. The summed E-state index contributed by atoms with van der Waals surface area (Å²) in [6.07, 6.45) is 6.06. The fourth-order valence-electron chi connectivity index (χ4n) is 5.22. The zero-order valence-electron chi connectivity index (χ0n) is 22.0. The van der Waals surface area contributed by atoms with Gasteiger partial charge in [-0.1, -0.05) is 44.3 Å². The van der Waals surface area contributed by atoms with Gasteiger partial charge < -0.3 is 14.6 Å². The predicted molar refractivity (Wildman–Crippen MR) is 147 cm³/mol. The molecule has 2 aliphatic heterocycles. The second-order valence-electron chi connectivity index (χ2n) is 11.1. The quantitative estimate of drug-likeness (QED) is 0.365. The summed E-state index contributed by atoms with van der Waals surface area (Å²) in [7, 11) is -0.798. The number of fused-ring (bicyclic) bond motifs is 2. The number of ether oxygens (including phenoxy) is 1. The summed E-state index contributed by atoms with van der Waals surface area (Å²) in [5, 5.41) is 3.23. The summed E-state index contributed by atoms with van der Waals surface area (Å²) in [4.78, 5) is 24.6. The smallest absolute Gasteiger partial charge is 0.280 e. The molecule has 2 aromatic rings. The number of hydrogen-bond donors (Lipinski definition) is 2. The summed E-state index contributed by atoms with van der Waals surface area (Å²) in [5.74, 6) is 1.45. The van der Waals surface area contributed by atoms with Gasteiger partial charge in [0.25, 0.3) is 5.56 Å². The standard InChI is InChI=1S/C25H39N6O3PS/c1-7-18-12-30(35-34-19-10-17(16(4)5)8-9-25(19,6)36-35)13-20(33-18)31-14-27-21-22(31)28-24(29-23(21)32)26-11-15(2)3/h14-15,17-20H,4,7-13H2,1-3,5-6H3,(H2,26,28,29,32)/t17-,18+,19+,20+,25+,35+/m0/s1. The number of H-pyrrole nitrogens is 1. The molecule has 3 fully saturated rings. The van der Waals surface area contributed by atoms with E-state index in [1.165, 1.54) is 12.0 Å². The highest BCUT2D eigenvalue weighted by Gasteiger charge is 2.52. The number of allylic oxidation sites excluding steroid dienone is 1. The molecule has 9 nitrogen and oxygen atoms in total. The summed E-state index contributed by atoms with van der Waals surface area (Å²) < 4.78 is 17.8. The molecule has 2 aromatic heterocycles. The van der Waals surface area contributed by atoms with Crippen LogP contribution < -0.4 is 10.9 Å². The summed E-state index contributed by atoms with van der Waals surface area (Å²) in [6, 6.07) is 0. The molecule has 198 valence electrons. The highest BCUT2D eigenvalue weighted by Crippen LogP contribution is 2.71. The number of aromatic nitrogens is 4. The molecule has 2 saturated heterocycles. The highest BCUT2D eigenvalue weighted by molar-refractivity contribution is 8.54. The molecule has 0 unspecified atom stereocenters. The van der Waals surface area contributed by atoms with Gasteiger partial charge in [0.1, 0.15) is 6.23 Å².